The van der Waals surface area contributed by atoms with Crippen LogP contribution < -0.4 is 50.4 Å². The number of aromatic nitrogens is 1. The Labute approximate surface area is 267 Å². The van der Waals surface area contributed by atoms with Crippen molar-refractivity contribution in [3.63, 3.8) is 0 Å². The predicted octanol–water partition coefficient (Wildman–Crippen LogP) is -2.19. The lowest BCUT2D eigenvalue weighted by molar-refractivity contribution is -0.142. The minimum Gasteiger partial charge on any atom is -0.480 e. The van der Waals surface area contributed by atoms with E-state index in [4.69, 9.17) is 34.4 Å². The van der Waals surface area contributed by atoms with Crippen molar-refractivity contribution in [2.75, 3.05) is 19.6 Å². The molecule has 254 valence electrons. The molecule has 0 saturated heterocycles. The first-order chi connectivity index (χ1) is 21.9. The quantitative estimate of drug-likeness (QED) is 0.0394. The number of benzene rings is 1. The lowest BCUT2D eigenvalue weighted by Crippen LogP contribution is -2.57. The van der Waals surface area contributed by atoms with Gasteiger partial charge in [0, 0.05) is 36.6 Å². The zero-order valence-electron chi connectivity index (χ0n) is 25.9. The summed E-state index contributed by atoms with van der Waals surface area (Å²) < 4.78 is 0. The molecule has 3 amide bonds. The third-order valence-electron chi connectivity index (χ3n) is 7.18. The Hall–Kier alpha value is -4.90. The minimum absolute atomic E-state index is 0.00866. The first kappa shape index (κ1) is 37.3. The summed E-state index contributed by atoms with van der Waals surface area (Å²) >= 11 is 0. The van der Waals surface area contributed by atoms with Crippen molar-refractivity contribution in [1.29, 1.82) is 0 Å². The Balaban J connectivity index is 2.23. The van der Waals surface area contributed by atoms with Crippen LogP contribution >= 0.6 is 0 Å². The number of carbonyl (C=O) groups excluding carboxylic acids is 3. The molecule has 17 heteroatoms. The molecule has 0 bridgehead atoms. The van der Waals surface area contributed by atoms with Gasteiger partial charge in [0.2, 0.25) is 17.7 Å². The zero-order valence-corrected chi connectivity index (χ0v) is 25.9. The Morgan fingerprint density at radius 3 is 1.85 bits per heavy atom. The summed E-state index contributed by atoms with van der Waals surface area (Å²) in [5.74, 6) is -3.45. The molecule has 0 radical (unpaired) electrons. The molecule has 4 unspecified atom stereocenters. The van der Waals surface area contributed by atoms with E-state index >= 15 is 0 Å². The van der Waals surface area contributed by atoms with Crippen molar-refractivity contribution in [3.05, 3.63) is 36.0 Å². The first-order valence-electron chi connectivity index (χ1n) is 15.2. The third kappa shape index (κ3) is 13.0. The summed E-state index contributed by atoms with van der Waals surface area (Å²) in [7, 11) is 0. The van der Waals surface area contributed by atoms with Crippen molar-refractivity contribution >= 4 is 46.5 Å². The molecule has 4 atom stereocenters. The highest BCUT2D eigenvalue weighted by Gasteiger charge is 2.30. The van der Waals surface area contributed by atoms with Gasteiger partial charge in [-0.15, -0.1) is 0 Å². The van der Waals surface area contributed by atoms with Crippen molar-refractivity contribution in [2.24, 2.45) is 44.4 Å². The molecule has 0 aliphatic rings. The van der Waals surface area contributed by atoms with Gasteiger partial charge in [-0.3, -0.25) is 24.4 Å². The average molecular weight is 645 g/mol. The smallest absolute Gasteiger partial charge is 0.326 e. The average Bonchev–Trinajstić information content (AvgIpc) is 3.41. The molecule has 2 rings (SSSR count). The Morgan fingerprint density at radius 2 is 1.30 bits per heavy atom. The molecule has 1 aromatic heterocycles. The van der Waals surface area contributed by atoms with E-state index in [-0.39, 0.29) is 50.7 Å². The second-order valence-corrected chi connectivity index (χ2v) is 10.9. The van der Waals surface area contributed by atoms with Crippen LogP contribution in [0, 0.1) is 0 Å². The number of aliphatic carboxylic acids is 1. The Bertz CT molecular complexity index is 1350. The van der Waals surface area contributed by atoms with Gasteiger partial charge in [-0.05, 0) is 56.7 Å². The highest BCUT2D eigenvalue weighted by Crippen LogP contribution is 2.19. The van der Waals surface area contributed by atoms with E-state index in [2.05, 4.69) is 30.9 Å². The van der Waals surface area contributed by atoms with Crippen LogP contribution in [0.4, 0.5) is 0 Å². The van der Waals surface area contributed by atoms with Gasteiger partial charge in [-0.2, -0.15) is 0 Å². The molecule has 17 nitrogen and oxygen atoms in total. The van der Waals surface area contributed by atoms with E-state index in [0.29, 0.717) is 37.8 Å². The number of carboxylic acid groups (broad SMARTS) is 1. The number of hydrogen-bond acceptors (Lipinski definition) is 8. The summed E-state index contributed by atoms with van der Waals surface area (Å²) in [5, 5.41) is 18.7. The summed E-state index contributed by atoms with van der Waals surface area (Å²) in [6, 6.07) is 2.94. The van der Waals surface area contributed by atoms with Crippen molar-refractivity contribution in [3.8, 4) is 0 Å². The number of carbonyl (C=O) groups is 4. The second kappa shape index (κ2) is 19.5. The van der Waals surface area contributed by atoms with Gasteiger partial charge in [0.15, 0.2) is 11.9 Å². The summed E-state index contributed by atoms with van der Waals surface area (Å²) in [4.78, 5) is 63.0. The van der Waals surface area contributed by atoms with Crippen LogP contribution in [0.15, 0.2) is 40.4 Å². The van der Waals surface area contributed by atoms with Crippen molar-refractivity contribution in [2.45, 2.75) is 75.5 Å². The number of H-pyrrole nitrogens is 1. The van der Waals surface area contributed by atoms with Crippen molar-refractivity contribution < 1.29 is 24.3 Å². The number of aliphatic imine (C=N–C) groups is 2. The van der Waals surface area contributed by atoms with Gasteiger partial charge < -0.3 is 60.4 Å². The number of nitrogens with one attached hydrogen (secondary N) is 4. The summed E-state index contributed by atoms with van der Waals surface area (Å²) in [6.07, 6.45) is 4.18. The Morgan fingerprint density at radius 1 is 0.761 bits per heavy atom. The zero-order chi connectivity index (χ0) is 34.1. The van der Waals surface area contributed by atoms with Crippen LogP contribution in [0.2, 0.25) is 0 Å². The number of para-hydroxylation sites is 1. The lowest BCUT2D eigenvalue weighted by Gasteiger charge is -2.25. The van der Waals surface area contributed by atoms with E-state index in [1.54, 1.807) is 6.20 Å². The number of fused-ring (bicyclic) bond motifs is 1. The van der Waals surface area contributed by atoms with Gasteiger partial charge >= 0.3 is 5.97 Å². The largest absolute Gasteiger partial charge is 0.480 e. The van der Waals surface area contributed by atoms with Crippen molar-refractivity contribution in [1.82, 2.24) is 20.9 Å². The van der Waals surface area contributed by atoms with Crippen LogP contribution in [0.3, 0.4) is 0 Å². The fraction of sp³-hybridized carbons (Fsp3) is 0.517. The summed E-state index contributed by atoms with van der Waals surface area (Å²) in [5.41, 5.74) is 34.7. The van der Waals surface area contributed by atoms with Crippen LogP contribution in [0.1, 0.15) is 50.5 Å². The van der Waals surface area contributed by atoms with Gasteiger partial charge in [0.25, 0.3) is 0 Å². The fourth-order valence-corrected chi connectivity index (χ4v) is 4.73. The number of amides is 3. The standard InChI is InChI=1S/C29H48N12O5/c30-12-4-3-8-19(31)24(42)39-21(10-5-13-36-28(32)33)25(43)40-22(11-6-14-37-29(34)35)26(44)41-23(27(45)46)15-17-16-38-20-9-2-1-7-18(17)20/h1-2,7,9,16,19,21-23,38H,3-6,8,10-15,30-31H2,(H,39,42)(H,40,43)(H,41,44)(H,45,46)(H4,32,33,36)(H4,34,35,37). The van der Waals surface area contributed by atoms with Gasteiger partial charge in [-0.25, -0.2) is 4.79 Å². The monoisotopic (exact) mass is 644 g/mol. The predicted molar refractivity (Wildman–Crippen MR) is 176 cm³/mol. The highest BCUT2D eigenvalue weighted by atomic mass is 16.4. The molecule has 1 heterocycles. The molecule has 17 N–H and O–H groups in total. The van der Waals surface area contributed by atoms with Crippen LogP contribution in [0.5, 0.6) is 0 Å². The van der Waals surface area contributed by atoms with Gasteiger partial charge in [0.1, 0.15) is 18.1 Å². The molecular weight excluding hydrogens is 596 g/mol. The van der Waals surface area contributed by atoms with Gasteiger partial charge in [-0.1, -0.05) is 24.6 Å². The molecule has 2 aromatic rings. The SMILES string of the molecule is NCCCCC(N)C(=O)NC(CCCN=C(N)N)C(=O)NC(CCCN=C(N)N)C(=O)NC(Cc1c[nH]c2ccccc12)C(=O)O. The van der Waals surface area contributed by atoms with E-state index in [0.717, 1.165) is 10.9 Å². The number of unbranched alkanes of at least 4 members (excludes halogenated alkanes) is 1. The summed E-state index contributed by atoms with van der Waals surface area (Å²) in [6.45, 7) is 0.818. The number of guanidine groups is 2. The topological polar surface area (TPSA) is 321 Å². The van der Waals surface area contributed by atoms with Gasteiger partial charge in [0.05, 0.1) is 6.04 Å². The van der Waals surface area contributed by atoms with Crippen LogP contribution in [-0.2, 0) is 25.6 Å². The third-order valence-corrected chi connectivity index (χ3v) is 7.18. The first-order valence-corrected chi connectivity index (χ1v) is 15.2. The number of nitrogens with zero attached hydrogens (tertiary/aromatic N) is 2. The molecule has 0 saturated carbocycles. The molecule has 0 aliphatic carbocycles. The lowest BCUT2D eigenvalue weighted by atomic mass is 10.0. The highest BCUT2D eigenvalue weighted by molar-refractivity contribution is 5.94. The number of carboxylic acids is 1. The number of hydrogen-bond donors (Lipinski definition) is 11. The number of nitrogens with two attached hydrogens (primary N) is 6. The maximum Gasteiger partial charge on any atom is 0.326 e. The molecule has 0 spiro atoms. The maximum absolute atomic E-state index is 13.5. The normalized spacial score (nSPS) is 13.5. The molecule has 0 aliphatic heterocycles. The van der Waals surface area contributed by atoms with Crippen LogP contribution in [0.25, 0.3) is 10.9 Å². The molecule has 0 fully saturated rings. The van der Waals surface area contributed by atoms with E-state index < -0.39 is 47.9 Å². The van der Waals surface area contributed by atoms with E-state index in [1.165, 1.54) is 0 Å². The minimum atomic E-state index is -1.30. The fourth-order valence-electron chi connectivity index (χ4n) is 4.73. The molecule has 46 heavy (non-hydrogen) atoms. The van der Waals surface area contributed by atoms with Crippen LogP contribution in [-0.4, -0.2) is 89.5 Å². The van der Waals surface area contributed by atoms with E-state index in [1.807, 2.05) is 24.3 Å². The number of aromatic amines is 1. The molecular formula is C29H48N12O5. The number of rotatable bonds is 21. The molecule has 1 aromatic carbocycles. The Kier molecular flexibility index (Phi) is 15.8. The maximum atomic E-state index is 13.5. The second-order valence-electron chi connectivity index (χ2n) is 10.9. The van der Waals surface area contributed by atoms with E-state index in [9.17, 15) is 24.3 Å².